The van der Waals surface area contributed by atoms with E-state index in [0.717, 1.165) is 36.8 Å². The molecule has 1 heterocycles. The van der Waals surface area contributed by atoms with Gasteiger partial charge in [-0.3, -0.25) is 9.59 Å². The third kappa shape index (κ3) is 3.72. The summed E-state index contributed by atoms with van der Waals surface area (Å²) in [5.74, 6) is -0.418. The average molecular weight is 427 g/mol. The molecule has 1 atom stereocenters. The maximum Gasteiger partial charge on any atom is 0.254 e. The molecular formula is C24H27ClN2O3. The molecule has 6 heteroatoms. The molecule has 2 aromatic rings. The van der Waals surface area contributed by atoms with Gasteiger partial charge in [-0.25, -0.2) is 0 Å². The molecule has 1 saturated carbocycles. The summed E-state index contributed by atoms with van der Waals surface area (Å²) in [4.78, 5) is 28.9. The molecule has 0 radical (unpaired) electrons. The molecule has 30 heavy (non-hydrogen) atoms. The van der Waals surface area contributed by atoms with Gasteiger partial charge >= 0.3 is 0 Å². The summed E-state index contributed by atoms with van der Waals surface area (Å²) in [5.41, 5.74) is 1.96. The molecule has 1 spiro atoms. The third-order valence-electron chi connectivity index (χ3n) is 6.45. The highest BCUT2D eigenvalue weighted by Crippen LogP contribution is 2.50. The summed E-state index contributed by atoms with van der Waals surface area (Å²) in [7, 11) is 1.64. The molecule has 0 aromatic heterocycles. The van der Waals surface area contributed by atoms with Crippen molar-refractivity contribution in [2.75, 3.05) is 20.3 Å². The van der Waals surface area contributed by atoms with Crippen molar-refractivity contribution in [1.82, 2.24) is 10.2 Å². The second-order valence-corrected chi connectivity index (χ2v) is 8.56. The van der Waals surface area contributed by atoms with E-state index in [1.54, 1.807) is 7.11 Å². The van der Waals surface area contributed by atoms with E-state index < -0.39 is 11.5 Å². The van der Waals surface area contributed by atoms with Gasteiger partial charge in [0.15, 0.2) is 0 Å². The predicted molar refractivity (Wildman–Crippen MR) is 117 cm³/mol. The average Bonchev–Trinajstić information content (AvgIpc) is 3.23. The quantitative estimate of drug-likeness (QED) is 0.754. The standard InChI is InChI=1S/C24H27ClN2O3/c1-30-15-14-27-23(29)20-7-3-2-6-19(20)21(24(27)12-4-5-13-24)22(28)26-16-17-8-10-18(25)11-9-17/h2-3,6-11,21H,4-5,12-16H2,1H3,(H,26,28)/t21-/m1/s1. The summed E-state index contributed by atoms with van der Waals surface area (Å²) in [5, 5.41) is 3.79. The van der Waals surface area contributed by atoms with Crippen LogP contribution in [-0.2, 0) is 16.1 Å². The normalized spacial score (nSPS) is 19.7. The van der Waals surface area contributed by atoms with Crippen LogP contribution in [0.5, 0.6) is 0 Å². The van der Waals surface area contributed by atoms with Gasteiger partial charge in [-0.2, -0.15) is 0 Å². The lowest BCUT2D eigenvalue weighted by Gasteiger charge is -2.50. The second kappa shape index (κ2) is 8.78. The van der Waals surface area contributed by atoms with Gasteiger partial charge in [0.05, 0.1) is 18.1 Å². The fourth-order valence-electron chi connectivity index (χ4n) is 5.07. The third-order valence-corrected chi connectivity index (χ3v) is 6.70. The highest BCUT2D eigenvalue weighted by atomic mass is 35.5. The lowest BCUT2D eigenvalue weighted by molar-refractivity contribution is -0.126. The molecule has 5 nitrogen and oxygen atoms in total. The molecule has 1 fully saturated rings. The Bertz CT molecular complexity index is 922. The summed E-state index contributed by atoms with van der Waals surface area (Å²) in [6, 6.07) is 15.0. The van der Waals surface area contributed by atoms with E-state index >= 15 is 0 Å². The summed E-state index contributed by atoms with van der Waals surface area (Å²) in [6.45, 7) is 1.37. The van der Waals surface area contributed by atoms with Gasteiger partial charge < -0.3 is 15.0 Å². The monoisotopic (exact) mass is 426 g/mol. The Hall–Kier alpha value is -2.37. The fraction of sp³-hybridized carbons (Fsp3) is 0.417. The van der Waals surface area contributed by atoms with E-state index in [1.807, 2.05) is 53.4 Å². The molecule has 2 aromatic carbocycles. The van der Waals surface area contributed by atoms with Crippen LogP contribution in [0.2, 0.25) is 5.02 Å². The van der Waals surface area contributed by atoms with E-state index in [9.17, 15) is 9.59 Å². The van der Waals surface area contributed by atoms with Gasteiger partial charge in [-0.05, 0) is 42.2 Å². The molecule has 2 amide bonds. The molecule has 4 rings (SSSR count). The fourth-order valence-corrected chi connectivity index (χ4v) is 5.19. The Morgan fingerprint density at radius 3 is 2.57 bits per heavy atom. The van der Waals surface area contributed by atoms with Gasteiger partial charge in [0, 0.05) is 30.8 Å². The van der Waals surface area contributed by atoms with Crippen LogP contribution >= 0.6 is 11.6 Å². The largest absolute Gasteiger partial charge is 0.383 e. The zero-order valence-corrected chi connectivity index (χ0v) is 18.0. The Balaban J connectivity index is 1.68. The first-order valence-electron chi connectivity index (χ1n) is 10.5. The number of benzene rings is 2. The number of hydrogen-bond acceptors (Lipinski definition) is 3. The van der Waals surface area contributed by atoms with Gasteiger partial charge in [0.25, 0.3) is 5.91 Å². The second-order valence-electron chi connectivity index (χ2n) is 8.12. The van der Waals surface area contributed by atoms with Gasteiger partial charge in [-0.15, -0.1) is 0 Å². The van der Waals surface area contributed by atoms with E-state index in [0.29, 0.717) is 30.3 Å². The molecule has 1 N–H and O–H groups in total. The first kappa shape index (κ1) is 20.9. The molecule has 0 bridgehead atoms. The number of fused-ring (bicyclic) bond motifs is 1. The SMILES string of the molecule is COCCN1C(=O)c2ccccc2[C@H](C(=O)NCc2ccc(Cl)cc2)C12CCCC2. The summed E-state index contributed by atoms with van der Waals surface area (Å²) < 4.78 is 5.29. The summed E-state index contributed by atoms with van der Waals surface area (Å²) in [6.07, 6.45) is 3.69. The van der Waals surface area contributed by atoms with Crippen molar-refractivity contribution in [2.24, 2.45) is 0 Å². The minimum atomic E-state index is -0.492. The van der Waals surface area contributed by atoms with Crippen LogP contribution in [0.3, 0.4) is 0 Å². The van der Waals surface area contributed by atoms with Crippen LogP contribution < -0.4 is 5.32 Å². The molecule has 1 aliphatic carbocycles. The number of halogens is 1. The maximum absolute atomic E-state index is 13.6. The van der Waals surface area contributed by atoms with Crippen molar-refractivity contribution in [3.05, 3.63) is 70.2 Å². The number of ether oxygens (including phenoxy) is 1. The van der Waals surface area contributed by atoms with Crippen molar-refractivity contribution in [2.45, 2.75) is 43.7 Å². The van der Waals surface area contributed by atoms with E-state index in [-0.39, 0.29) is 11.8 Å². The molecular weight excluding hydrogens is 400 g/mol. The number of rotatable bonds is 6. The lowest BCUT2D eigenvalue weighted by atomic mass is 9.71. The number of amides is 2. The van der Waals surface area contributed by atoms with E-state index in [2.05, 4.69) is 5.32 Å². The van der Waals surface area contributed by atoms with Gasteiger partial charge in [-0.1, -0.05) is 54.8 Å². The number of carbonyl (C=O) groups is 2. The van der Waals surface area contributed by atoms with Crippen molar-refractivity contribution in [1.29, 1.82) is 0 Å². The van der Waals surface area contributed by atoms with Crippen LogP contribution in [0.25, 0.3) is 0 Å². The Kier molecular flexibility index (Phi) is 6.11. The van der Waals surface area contributed by atoms with E-state index in [1.165, 1.54) is 0 Å². The minimum absolute atomic E-state index is 0.00583. The Morgan fingerprint density at radius 1 is 1.17 bits per heavy atom. The van der Waals surface area contributed by atoms with Crippen LogP contribution in [0.1, 0.15) is 53.1 Å². The molecule has 1 aliphatic heterocycles. The molecule has 0 unspecified atom stereocenters. The minimum Gasteiger partial charge on any atom is -0.383 e. The van der Waals surface area contributed by atoms with E-state index in [4.69, 9.17) is 16.3 Å². The first-order chi connectivity index (χ1) is 14.6. The zero-order chi connectivity index (χ0) is 21.1. The number of methoxy groups -OCH3 is 1. The van der Waals surface area contributed by atoms with Gasteiger partial charge in [0.1, 0.15) is 0 Å². The van der Waals surface area contributed by atoms with Crippen LogP contribution in [0.4, 0.5) is 0 Å². The number of hydrogen-bond donors (Lipinski definition) is 1. The number of nitrogens with one attached hydrogen (secondary N) is 1. The smallest absolute Gasteiger partial charge is 0.254 e. The van der Waals surface area contributed by atoms with Crippen molar-refractivity contribution < 1.29 is 14.3 Å². The Labute approximate surface area is 182 Å². The predicted octanol–water partition coefficient (Wildman–Crippen LogP) is 4.16. The molecule has 158 valence electrons. The van der Waals surface area contributed by atoms with Gasteiger partial charge in [0.2, 0.25) is 5.91 Å². The summed E-state index contributed by atoms with van der Waals surface area (Å²) >= 11 is 5.97. The first-order valence-corrected chi connectivity index (χ1v) is 10.9. The highest BCUT2D eigenvalue weighted by Gasteiger charge is 2.55. The molecule has 2 aliphatic rings. The maximum atomic E-state index is 13.6. The van der Waals surface area contributed by atoms with Crippen molar-refractivity contribution in [3.8, 4) is 0 Å². The van der Waals surface area contributed by atoms with Crippen LogP contribution in [0.15, 0.2) is 48.5 Å². The molecule has 0 saturated heterocycles. The zero-order valence-electron chi connectivity index (χ0n) is 17.2. The topological polar surface area (TPSA) is 58.6 Å². The Morgan fingerprint density at radius 2 is 1.87 bits per heavy atom. The van der Waals surface area contributed by atoms with Crippen LogP contribution in [0, 0.1) is 0 Å². The van der Waals surface area contributed by atoms with Crippen molar-refractivity contribution >= 4 is 23.4 Å². The van der Waals surface area contributed by atoms with Crippen molar-refractivity contribution in [3.63, 3.8) is 0 Å². The lowest BCUT2D eigenvalue weighted by Crippen LogP contribution is -2.61. The number of carbonyl (C=O) groups excluding carboxylic acids is 2. The highest BCUT2D eigenvalue weighted by molar-refractivity contribution is 6.30. The van der Waals surface area contributed by atoms with Crippen LogP contribution in [-0.4, -0.2) is 42.5 Å². The number of nitrogens with zero attached hydrogens (tertiary/aromatic N) is 1.